The second-order valence-corrected chi connectivity index (χ2v) is 8.58. The van der Waals surface area contributed by atoms with Crippen LogP contribution in [0, 0.1) is 0 Å². The van der Waals surface area contributed by atoms with Crippen LogP contribution in [0.3, 0.4) is 0 Å². The Labute approximate surface area is 186 Å². The number of methoxy groups -OCH3 is 3. The fraction of sp³-hybridized carbons (Fsp3) is 0.538. The number of hydrogen-bond acceptors (Lipinski definition) is 5. The van der Waals surface area contributed by atoms with Crippen LogP contribution in [-0.4, -0.2) is 52.5 Å². The summed E-state index contributed by atoms with van der Waals surface area (Å²) in [6, 6.07) is 12.5. The van der Waals surface area contributed by atoms with Crippen molar-refractivity contribution in [1.82, 2.24) is 4.90 Å². The lowest BCUT2D eigenvalue weighted by Crippen LogP contribution is -2.34. The van der Waals surface area contributed by atoms with Crippen molar-refractivity contribution in [2.45, 2.75) is 43.9 Å². The van der Waals surface area contributed by atoms with Crippen molar-refractivity contribution in [1.29, 1.82) is 0 Å². The van der Waals surface area contributed by atoms with Crippen molar-refractivity contribution >= 4 is 0 Å². The average Bonchev–Trinajstić information content (AvgIpc) is 3.04. The summed E-state index contributed by atoms with van der Waals surface area (Å²) < 4.78 is 22.6. The van der Waals surface area contributed by atoms with Crippen LogP contribution in [0.2, 0.25) is 0 Å². The Morgan fingerprint density at radius 3 is 2.42 bits per heavy atom. The third-order valence-corrected chi connectivity index (χ3v) is 6.87. The van der Waals surface area contributed by atoms with E-state index in [0.717, 1.165) is 68.5 Å². The third-order valence-electron chi connectivity index (χ3n) is 6.87. The van der Waals surface area contributed by atoms with E-state index < -0.39 is 0 Å². The molecule has 1 fully saturated rings. The molecule has 168 valence electrons. The lowest BCUT2D eigenvalue weighted by molar-refractivity contribution is 0.204. The molecule has 1 saturated heterocycles. The molecule has 0 N–H and O–H groups in total. The normalized spacial score (nSPS) is 19.8. The van der Waals surface area contributed by atoms with Crippen LogP contribution in [0.5, 0.6) is 23.0 Å². The van der Waals surface area contributed by atoms with Gasteiger partial charge in [0.25, 0.3) is 0 Å². The summed E-state index contributed by atoms with van der Waals surface area (Å²) in [6.07, 6.45) is 5.78. The minimum atomic E-state index is 0.497. The number of hydrogen-bond donors (Lipinski definition) is 0. The molecule has 0 bridgehead atoms. The van der Waals surface area contributed by atoms with Gasteiger partial charge in [-0.15, -0.1) is 0 Å². The molecule has 2 aliphatic heterocycles. The monoisotopic (exact) mass is 425 g/mol. The lowest BCUT2D eigenvalue weighted by Gasteiger charge is -2.33. The van der Waals surface area contributed by atoms with Crippen LogP contribution in [-0.2, 0) is 0 Å². The topological polar surface area (TPSA) is 40.2 Å². The van der Waals surface area contributed by atoms with Gasteiger partial charge in [-0.05, 0) is 93.4 Å². The van der Waals surface area contributed by atoms with Crippen LogP contribution in [0.4, 0.5) is 0 Å². The summed E-state index contributed by atoms with van der Waals surface area (Å²) in [4.78, 5) is 2.62. The summed E-state index contributed by atoms with van der Waals surface area (Å²) >= 11 is 0. The van der Waals surface area contributed by atoms with Crippen LogP contribution >= 0.6 is 0 Å². The molecule has 2 aliphatic rings. The maximum absolute atomic E-state index is 6.00. The predicted molar refractivity (Wildman–Crippen MR) is 123 cm³/mol. The maximum Gasteiger partial charge on any atom is 0.160 e. The second-order valence-electron chi connectivity index (χ2n) is 8.58. The van der Waals surface area contributed by atoms with Gasteiger partial charge in [0.05, 0.1) is 27.9 Å². The molecule has 0 aliphatic carbocycles. The Balaban J connectivity index is 1.35. The van der Waals surface area contributed by atoms with Gasteiger partial charge in [-0.1, -0.05) is 12.1 Å². The first-order chi connectivity index (χ1) is 15.2. The minimum Gasteiger partial charge on any atom is -0.496 e. The van der Waals surface area contributed by atoms with Crippen molar-refractivity contribution in [3.8, 4) is 23.0 Å². The molecular weight excluding hydrogens is 390 g/mol. The molecule has 5 heteroatoms. The van der Waals surface area contributed by atoms with Gasteiger partial charge in [0.2, 0.25) is 0 Å². The molecule has 2 aromatic rings. The second kappa shape index (κ2) is 10.3. The first-order valence-corrected chi connectivity index (χ1v) is 11.5. The van der Waals surface area contributed by atoms with Crippen LogP contribution in [0.15, 0.2) is 36.4 Å². The highest BCUT2D eigenvalue weighted by Gasteiger charge is 2.26. The number of rotatable bonds is 7. The molecular formula is C26H35NO4. The van der Waals surface area contributed by atoms with E-state index in [9.17, 15) is 0 Å². The van der Waals surface area contributed by atoms with Gasteiger partial charge >= 0.3 is 0 Å². The van der Waals surface area contributed by atoms with Gasteiger partial charge in [0.15, 0.2) is 11.5 Å². The zero-order valence-corrected chi connectivity index (χ0v) is 19.1. The SMILES string of the molecule is COc1ccc(C2CCN(CCC3CCCOc4cccc(OC)c43)CC2)cc1OC. The van der Waals surface area contributed by atoms with E-state index in [4.69, 9.17) is 18.9 Å². The molecule has 1 unspecified atom stereocenters. The number of nitrogens with zero attached hydrogens (tertiary/aromatic N) is 1. The van der Waals surface area contributed by atoms with E-state index in [-0.39, 0.29) is 0 Å². The van der Waals surface area contributed by atoms with Crippen molar-refractivity contribution in [3.63, 3.8) is 0 Å². The highest BCUT2D eigenvalue weighted by Crippen LogP contribution is 2.42. The largest absolute Gasteiger partial charge is 0.496 e. The van der Waals surface area contributed by atoms with Crippen LogP contribution in [0.25, 0.3) is 0 Å². The number of piperidine rings is 1. The van der Waals surface area contributed by atoms with E-state index in [1.54, 1.807) is 21.3 Å². The molecule has 2 aromatic carbocycles. The van der Waals surface area contributed by atoms with Crippen molar-refractivity contribution < 1.29 is 18.9 Å². The highest BCUT2D eigenvalue weighted by atomic mass is 16.5. The van der Waals surface area contributed by atoms with E-state index in [1.807, 2.05) is 12.1 Å². The van der Waals surface area contributed by atoms with Gasteiger partial charge in [0.1, 0.15) is 11.5 Å². The highest BCUT2D eigenvalue weighted by molar-refractivity contribution is 5.48. The van der Waals surface area contributed by atoms with E-state index >= 15 is 0 Å². The first kappa shape index (κ1) is 21.8. The van der Waals surface area contributed by atoms with Crippen molar-refractivity contribution in [2.75, 3.05) is 47.6 Å². The number of benzene rings is 2. The molecule has 0 amide bonds. The third kappa shape index (κ3) is 4.93. The molecule has 31 heavy (non-hydrogen) atoms. The van der Waals surface area contributed by atoms with Crippen LogP contribution < -0.4 is 18.9 Å². The smallest absolute Gasteiger partial charge is 0.160 e. The van der Waals surface area contributed by atoms with Gasteiger partial charge in [-0.2, -0.15) is 0 Å². The summed E-state index contributed by atoms with van der Waals surface area (Å²) in [6.45, 7) is 4.20. The number of fused-ring (bicyclic) bond motifs is 1. The Hall–Kier alpha value is -2.40. The fourth-order valence-corrected chi connectivity index (χ4v) is 5.11. The zero-order valence-electron chi connectivity index (χ0n) is 19.1. The van der Waals surface area contributed by atoms with Crippen molar-refractivity contribution in [2.24, 2.45) is 0 Å². The van der Waals surface area contributed by atoms with Gasteiger partial charge in [-0.25, -0.2) is 0 Å². The predicted octanol–water partition coefficient (Wildman–Crippen LogP) is 5.24. The summed E-state index contributed by atoms with van der Waals surface area (Å²) in [5, 5.41) is 0. The summed E-state index contributed by atoms with van der Waals surface area (Å²) in [5.41, 5.74) is 2.62. The maximum atomic E-state index is 6.00. The quantitative estimate of drug-likeness (QED) is 0.607. The fourth-order valence-electron chi connectivity index (χ4n) is 5.11. The van der Waals surface area contributed by atoms with Gasteiger partial charge in [0, 0.05) is 5.56 Å². The first-order valence-electron chi connectivity index (χ1n) is 11.5. The molecule has 0 radical (unpaired) electrons. The van der Waals surface area contributed by atoms with Gasteiger partial charge < -0.3 is 23.8 Å². The summed E-state index contributed by atoms with van der Waals surface area (Å²) in [5.74, 6) is 4.68. The van der Waals surface area contributed by atoms with Crippen LogP contribution in [0.1, 0.15) is 55.1 Å². The van der Waals surface area contributed by atoms with E-state index in [0.29, 0.717) is 11.8 Å². The van der Waals surface area contributed by atoms with E-state index in [1.165, 1.54) is 24.0 Å². The Bertz CT molecular complexity index is 860. The molecule has 4 rings (SSSR count). The molecule has 5 nitrogen and oxygen atoms in total. The van der Waals surface area contributed by atoms with Crippen molar-refractivity contribution in [3.05, 3.63) is 47.5 Å². The Morgan fingerprint density at radius 2 is 1.68 bits per heavy atom. The molecule has 0 saturated carbocycles. The number of ether oxygens (including phenoxy) is 4. The number of likely N-dealkylation sites (tertiary alicyclic amines) is 1. The molecule has 0 spiro atoms. The minimum absolute atomic E-state index is 0.497. The molecule has 2 heterocycles. The lowest BCUT2D eigenvalue weighted by atomic mass is 9.87. The molecule has 0 aromatic heterocycles. The Kier molecular flexibility index (Phi) is 7.23. The van der Waals surface area contributed by atoms with Gasteiger partial charge in [-0.3, -0.25) is 0 Å². The average molecular weight is 426 g/mol. The summed E-state index contributed by atoms with van der Waals surface area (Å²) in [7, 11) is 5.15. The van der Waals surface area contributed by atoms with E-state index in [2.05, 4.69) is 29.2 Å². The zero-order chi connectivity index (χ0) is 21.6. The molecule has 1 atom stereocenters. The Morgan fingerprint density at radius 1 is 0.903 bits per heavy atom. The standard InChI is InChI=1S/C26H35NO4/c1-28-22-10-9-21(18-25(22)30-3)19-11-14-27(15-12-19)16-13-20-6-5-17-31-24-8-4-7-23(29-2)26(20)24/h4,7-10,18-20H,5-6,11-17H2,1-3H3.